The molecule has 2 aromatic carbocycles. The largest absolute Gasteiger partial charge is 0.420 e. The van der Waals surface area contributed by atoms with Crippen LogP contribution < -0.4 is 22.9 Å². The van der Waals surface area contributed by atoms with E-state index in [4.69, 9.17) is 32.4 Å². The smallest absolute Gasteiger partial charge is 0.417 e. The Hall–Kier alpha value is -4.12. The van der Waals surface area contributed by atoms with Crippen LogP contribution in [0.4, 0.5) is 11.4 Å². The molecular formula is C18H16N6O4. The monoisotopic (exact) mass is 380 g/mol. The van der Waals surface area contributed by atoms with Crippen molar-refractivity contribution >= 4 is 23.3 Å². The van der Waals surface area contributed by atoms with E-state index in [2.05, 4.69) is 0 Å². The topological polar surface area (TPSA) is 204 Å². The third-order valence-corrected chi connectivity index (χ3v) is 3.69. The van der Waals surface area contributed by atoms with Gasteiger partial charge in [0.2, 0.25) is 0 Å². The number of rotatable bonds is 4. The zero-order chi connectivity index (χ0) is 20.9. The molecule has 8 N–H and O–H groups in total. The quantitative estimate of drug-likeness (QED) is 0.240. The van der Waals surface area contributed by atoms with E-state index in [1.165, 1.54) is 48.5 Å². The van der Waals surface area contributed by atoms with E-state index in [9.17, 15) is 20.1 Å². The van der Waals surface area contributed by atoms with Crippen LogP contribution in [-0.4, -0.2) is 11.9 Å². The van der Waals surface area contributed by atoms with Gasteiger partial charge in [0, 0.05) is 22.5 Å². The highest BCUT2D eigenvalue weighted by Gasteiger charge is 2.39. The highest BCUT2D eigenvalue weighted by atomic mass is 16.6. The summed E-state index contributed by atoms with van der Waals surface area (Å²) in [5, 5.41) is 18.6. The van der Waals surface area contributed by atoms with Gasteiger partial charge in [-0.2, -0.15) is 10.5 Å². The summed E-state index contributed by atoms with van der Waals surface area (Å²) in [7, 11) is 0. The first-order valence-electron chi connectivity index (χ1n) is 7.72. The standard InChI is InChI=1S/C18H16N6O4/c19-9-17(23,11-1-5-13(21)6-2-11)27-15(25)16(26)28-18(24,10-20)12-3-7-14(22)8-4-12/h1-8H,21-24H2. The van der Waals surface area contributed by atoms with Gasteiger partial charge in [-0.3, -0.25) is 11.5 Å². The summed E-state index contributed by atoms with van der Waals surface area (Å²) in [6.45, 7) is 0. The van der Waals surface area contributed by atoms with Gasteiger partial charge in [-0.25, -0.2) is 9.59 Å². The Morgan fingerprint density at radius 1 is 0.714 bits per heavy atom. The molecule has 2 rings (SSSR count). The molecule has 0 bridgehead atoms. The highest BCUT2D eigenvalue weighted by molar-refractivity contribution is 6.30. The van der Waals surface area contributed by atoms with E-state index >= 15 is 0 Å². The van der Waals surface area contributed by atoms with Gasteiger partial charge >= 0.3 is 11.9 Å². The molecule has 0 saturated carbocycles. The third kappa shape index (κ3) is 4.16. The number of hydrogen-bond donors (Lipinski definition) is 4. The molecule has 2 atom stereocenters. The van der Waals surface area contributed by atoms with E-state index in [1.807, 2.05) is 0 Å². The van der Waals surface area contributed by atoms with Crippen LogP contribution in [0.2, 0.25) is 0 Å². The summed E-state index contributed by atoms with van der Waals surface area (Å²) in [5.41, 5.74) is 19.0. The van der Waals surface area contributed by atoms with Gasteiger partial charge in [-0.05, 0) is 24.3 Å². The molecule has 2 unspecified atom stereocenters. The first kappa shape index (κ1) is 20.2. The van der Waals surface area contributed by atoms with Crippen LogP contribution in [0.25, 0.3) is 0 Å². The lowest BCUT2D eigenvalue weighted by Crippen LogP contribution is -2.46. The number of carbonyl (C=O) groups is 2. The number of carbonyl (C=O) groups excluding carboxylic acids is 2. The van der Waals surface area contributed by atoms with Crippen molar-refractivity contribution in [2.45, 2.75) is 11.4 Å². The van der Waals surface area contributed by atoms with E-state index in [-0.39, 0.29) is 11.1 Å². The lowest BCUT2D eigenvalue weighted by molar-refractivity contribution is -0.181. The van der Waals surface area contributed by atoms with Gasteiger partial charge in [-0.15, -0.1) is 0 Å². The van der Waals surface area contributed by atoms with Crippen molar-refractivity contribution in [3.05, 3.63) is 59.7 Å². The van der Waals surface area contributed by atoms with Crippen LogP contribution in [-0.2, 0) is 30.5 Å². The van der Waals surface area contributed by atoms with E-state index in [1.54, 1.807) is 12.1 Å². The fourth-order valence-corrected chi connectivity index (χ4v) is 2.13. The summed E-state index contributed by atoms with van der Waals surface area (Å²) in [5.74, 6) is -3.22. The minimum absolute atomic E-state index is 0.0724. The predicted octanol–water partition coefficient (Wildman–Crippen LogP) is -0.0922. The van der Waals surface area contributed by atoms with Gasteiger partial charge in [0.1, 0.15) is 12.1 Å². The van der Waals surface area contributed by atoms with Crippen molar-refractivity contribution in [3.63, 3.8) is 0 Å². The van der Waals surface area contributed by atoms with Gasteiger partial charge < -0.3 is 20.9 Å². The number of hydrogen-bond acceptors (Lipinski definition) is 10. The van der Waals surface area contributed by atoms with Crippen molar-refractivity contribution in [3.8, 4) is 12.1 Å². The molecule has 2 aromatic rings. The first-order valence-corrected chi connectivity index (χ1v) is 7.72. The molecule has 0 amide bonds. The second-order valence-electron chi connectivity index (χ2n) is 5.72. The molecule has 0 heterocycles. The zero-order valence-electron chi connectivity index (χ0n) is 14.5. The second kappa shape index (κ2) is 7.63. The number of nitrogen functional groups attached to an aromatic ring is 2. The maximum Gasteiger partial charge on any atom is 0.420 e. The zero-order valence-corrected chi connectivity index (χ0v) is 14.5. The third-order valence-electron chi connectivity index (χ3n) is 3.69. The van der Waals surface area contributed by atoms with E-state index in [0.717, 1.165) is 0 Å². The van der Waals surface area contributed by atoms with Crippen LogP contribution in [0.1, 0.15) is 11.1 Å². The summed E-state index contributed by atoms with van der Waals surface area (Å²) < 4.78 is 9.60. The Balaban J connectivity index is 2.20. The van der Waals surface area contributed by atoms with Crippen LogP contribution in [0, 0.1) is 22.7 Å². The minimum atomic E-state index is -2.28. The van der Waals surface area contributed by atoms with Crippen LogP contribution >= 0.6 is 0 Å². The summed E-state index contributed by atoms with van der Waals surface area (Å²) in [6, 6.07) is 14.3. The Kier molecular flexibility index (Phi) is 5.51. The molecule has 0 aliphatic rings. The molecule has 10 heteroatoms. The average molecular weight is 380 g/mol. The van der Waals surface area contributed by atoms with Crippen LogP contribution in [0.15, 0.2) is 48.5 Å². The predicted molar refractivity (Wildman–Crippen MR) is 96.8 cm³/mol. The summed E-state index contributed by atoms with van der Waals surface area (Å²) in [4.78, 5) is 24.2. The van der Waals surface area contributed by atoms with E-state index in [0.29, 0.717) is 11.4 Å². The molecule has 0 saturated heterocycles. The maximum atomic E-state index is 12.1. The van der Waals surface area contributed by atoms with Crippen molar-refractivity contribution in [1.29, 1.82) is 10.5 Å². The molecule has 142 valence electrons. The molecule has 0 spiro atoms. The van der Waals surface area contributed by atoms with E-state index < -0.39 is 23.4 Å². The Labute approximate surface area is 159 Å². The van der Waals surface area contributed by atoms with Crippen molar-refractivity contribution in [2.24, 2.45) is 11.5 Å². The molecule has 0 fully saturated rings. The Morgan fingerprint density at radius 2 is 1.00 bits per heavy atom. The van der Waals surface area contributed by atoms with Crippen LogP contribution in [0.3, 0.4) is 0 Å². The molecular weight excluding hydrogens is 364 g/mol. The van der Waals surface area contributed by atoms with Gasteiger partial charge in [0.05, 0.1) is 0 Å². The molecule has 0 aliphatic heterocycles. The normalized spacial score (nSPS) is 14.4. The second-order valence-corrected chi connectivity index (χ2v) is 5.72. The SMILES string of the molecule is N#CC(N)(OC(=O)C(=O)OC(N)(C#N)c1ccc(N)cc1)c1ccc(N)cc1. The molecule has 28 heavy (non-hydrogen) atoms. The van der Waals surface area contributed by atoms with Crippen molar-refractivity contribution in [1.82, 2.24) is 0 Å². The number of nitrogens with zero attached hydrogens (tertiary/aromatic N) is 2. The van der Waals surface area contributed by atoms with Gasteiger partial charge in [0.25, 0.3) is 11.4 Å². The number of nitriles is 2. The maximum absolute atomic E-state index is 12.1. The fraction of sp³-hybridized carbons (Fsp3) is 0.111. The number of esters is 2. The lowest BCUT2D eigenvalue weighted by atomic mass is 10.0. The minimum Gasteiger partial charge on any atom is -0.417 e. The average Bonchev–Trinajstić information content (AvgIpc) is 2.68. The highest BCUT2D eigenvalue weighted by Crippen LogP contribution is 2.23. The van der Waals surface area contributed by atoms with Crippen molar-refractivity contribution in [2.75, 3.05) is 11.5 Å². The first-order chi connectivity index (χ1) is 13.1. The van der Waals surface area contributed by atoms with Gasteiger partial charge in [0.15, 0.2) is 0 Å². The van der Waals surface area contributed by atoms with Gasteiger partial charge in [-0.1, -0.05) is 24.3 Å². The summed E-state index contributed by atoms with van der Waals surface area (Å²) in [6.07, 6.45) is 0. The Bertz CT molecular complexity index is 896. The molecule has 0 aliphatic carbocycles. The van der Waals surface area contributed by atoms with Crippen molar-refractivity contribution < 1.29 is 19.1 Å². The number of anilines is 2. The number of benzene rings is 2. The molecule has 0 aromatic heterocycles. The van der Waals surface area contributed by atoms with Crippen LogP contribution in [0.5, 0.6) is 0 Å². The Morgan fingerprint density at radius 3 is 1.25 bits per heavy atom. The molecule has 0 radical (unpaired) electrons. The fourth-order valence-electron chi connectivity index (χ4n) is 2.13. The molecule has 10 nitrogen and oxygen atoms in total. The summed E-state index contributed by atoms with van der Waals surface area (Å²) >= 11 is 0. The lowest BCUT2D eigenvalue weighted by Gasteiger charge is -2.24. The number of nitrogens with two attached hydrogens (primary N) is 4. The number of ether oxygens (including phenoxy) is 2.